The van der Waals surface area contributed by atoms with Crippen molar-refractivity contribution in [1.29, 1.82) is 0 Å². The number of amides is 1. The molecule has 3 aromatic rings. The van der Waals surface area contributed by atoms with Crippen LogP contribution in [0.1, 0.15) is 47.9 Å². The van der Waals surface area contributed by atoms with Crippen LogP contribution in [0.4, 0.5) is 0 Å². The van der Waals surface area contributed by atoms with Gasteiger partial charge in [-0.05, 0) is 44.5 Å². The van der Waals surface area contributed by atoms with E-state index in [-0.39, 0.29) is 11.7 Å². The smallest absolute Gasteiger partial charge is 0.279 e. The predicted molar refractivity (Wildman–Crippen MR) is 108 cm³/mol. The van der Waals surface area contributed by atoms with Crippen LogP contribution in [0.5, 0.6) is 5.75 Å². The number of ketones is 1. The van der Waals surface area contributed by atoms with Gasteiger partial charge in [0.1, 0.15) is 11.3 Å². The number of hydrogen-bond acceptors (Lipinski definition) is 4. The molecule has 5 nitrogen and oxygen atoms in total. The van der Waals surface area contributed by atoms with Crippen molar-refractivity contribution in [1.82, 2.24) is 4.57 Å². The topological polar surface area (TPSA) is 60.7 Å². The number of carbonyl (C=O) groups is 2. The normalized spacial score (nSPS) is 11.7. The molecule has 3 rings (SSSR count). The number of ether oxygens (including phenoxy) is 1. The Kier molecular flexibility index (Phi) is 5.86. The largest absolute Gasteiger partial charge is 0.492 e. The fraction of sp³-hybridized carbons (Fsp3) is 0.286. The minimum Gasteiger partial charge on any atom is -0.492 e. The Balaban J connectivity index is 2.09. The molecule has 0 N–H and O–H groups in total. The summed E-state index contributed by atoms with van der Waals surface area (Å²) >= 11 is 1.48. The monoisotopic (exact) mass is 382 g/mol. The molecule has 0 saturated heterocycles. The third-order valence-electron chi connectivity index (χ3n) is 4.15. The average Bonchev–Trinajstić information content (AvgIpc) is 3.00. The number of Topliss-reactive ketones (excluding diaryl/α,β-unsaturated/α-hetero) is 1. The number of carbonyl (C=O) groups excluding carboxylic acids is 2. The zero-order valence-corrected chi connectivity index (χ0v) is 16.5. The van der Waals surface area contributed by atoms with E-state index in [1.165, 1.54) is 18.3 Å². The molecule has 1 aromatic heterocycles. The first kappa shape index (κ1) is 19.0. The number of benzene rings is 2. The van der Waals surface area contributed by atoms with Gasteiger partial charge in [0, 0.05) is 17.7 Å². The molecule has 0 bridgehead atoms. The molecular formula is C21H22N2O3S. The van der Waals surface area contributed by atoms with Crippen molar-refractivity contribution in [2.24, 2.45) is 4.99 Å². The van der Waals surface area contributed by atoms with Gasteiger partial charge < -0.3 is 9.30 Å². The van der Waals surface area contributed by atoms with E-state index in [0.29, 0.717) is 22.5 Å². The van der Waals surface area contributed by atoms with Gasteiger partial charge in [-0.1, -0.05) is 36.5 Å². The number of para-hydroxylation sites is 1. The van der Waals surface area contributed by atoms with Gasteiger partial charge in [0.05, 0.1) is 11.3 Å². The maximum atomic E-state index is 12.6. The quantitative estimate of drug-likeness (QED) is 0.592. The van der Waals surface area contributed by atoms with Crippen molar-refractivity contribution < 1.29 is 14.3 Å². The first-order chi connectivity index (χ1) is 13.0. The second kappa shape index (κ2) is 8.31. The zero-order chi connectivity index (χ0) is 19.4. The minimum absolute atomic E-state index is 0.0281. The summed E-state index contributed by atoms with van der Waals surface area (Å²) in [6, 6.07) is 12.5. The Bertz CT molecular complexity index is 1050. The van der Waals surface area contributed by atoms with Crippen LogP contribution >= 0.6 is 11.3 Å². The fourth-order valence-electron chi connectivity index (χ4n) is 2.88. The van der Waals surface area contributed by atoms with Gasteiger partial charge in [-0.25, -0.2) is 0 Å². The number of aryl methyl sites for hydroxylation is 1. The van der Waals surface area contributed by atoms with Crippen molar-refractivity contribution in [2.75, 3.05) is 6.61 Å². The molecule has 6 heteroatoms. The van der Waals surface area contributed by atoms with Gasteiger partial charge in [0.15, 0.2) is 10.6 Å². The molecule has 0 atom stereocenters. The summed E-state index contributed by atoms with van der Waals surface area (Å²) in [5.74, 6) is 0.457. The summed E-state index contributed by atoms with van der Waals surface area (Å²) in [6.45, 7) is 6.87. The first-order valence-corrected chi connectivity index (χ1v) is 9.82. The SMILES string of the molecule is CCCn1c(=NC(=O)c2ccc(C(C)=O)cc2)sc2cccc(OCC)c21. The maximum Gasteiger partial charge on any atom is 0.279 e. The Morgan fingerprint density at radius 2 is 1.78 bits per heavy atom. The highest BCUT2D eigenvalue weighted by atomic mass is 32.1. The van der Waals surface area contributed by atoms with Crippen LogP contribution in [0.15, 0.2) is 47.5 Å². The van der Waals surface area contributed by atoms with Crippen LogP contribution in [0.25, 0.3) is 10.2 Å². The molecule has 0 aliphatic rings. The van der Waals surface area contributed by atoms with Crippen LogP contribution in [0.3, 0.4) is 0 Å². The lowest BCUT2D eigenvalue weighted by Crippen LogP contribution is -2.17. The molecule has 0 aliphatic carbocycles. The van der Waals surface area contributed by atoms with Crippen LogP contribution in [-0.2, 0) is 6.54 Å². The van der Waals surface area contributed by atoms with Crippen molar-refractivity contribution in [3.8, 4) is 5.75 Å². The highest BCUT2D eigenvalue weighted by molar-refractivity contribution is 7.16. The molecule has 0 saturated carbocycles. The molecule has 1 amide bonds. The van der Waals surface area contributed by atoms with E-state index < -0.39 is 0 Å². The lowest BCUT2D eigenvalue weighted by atomic mass is 10.1. The van der Waals surface area contributed by atoms with Gasteiger partial charge in [0.2, 0.25) is 0 Å². The summed E-state index contributed by atoms with van der Waals surface area (Å²) in [4.78, 5) is 29.1. The molecule has 0 unspecified atom stereocenters. The van der Waals surface area contributed by atoms with Crippen LogP contribution in [0, 0.1) is 0 Å². The molecule has 0 fully saturated rings. The van der Waals surface area contributed by atoms with Gasteiger partial charge in [-0.2, -0.15) is 4.99 Å². The van der Waals surface area contributed by atoms with E-state index in [0.717, 1.165) is 28.9 Å². The van der Waals surface area contributed by atoms with Crippen LogP contribution in [0.2, 0.25) is 0 Å². The Morgan fingerprint density at radius 3 is 2.41 bits per heavy atom. The molecule has 2 aromatic carbocycles. The average molecular weight is 382 g/mol. The number of thiazole rings is 1. The highest BCUT2D eigenvalue weighted by Gasteiger charge is 2.13. The number of rotatable bonds is 6. The lowest BCUT2D eigenvalue weighted by Gasteiger charge is -2.08. The van der Waals surface area contributed by atoms with Crippen LogP contribution < -0.4 is 9.54 Å². The molecule has 0 spiro atoms. The van der Waals surface area contributed by atoms with E-state index >= 15 is 0 Å². The number of fused-ring (bicyclic) bond motifs is 1. The van der Waals surface area contributed by atoms with E-state index in [1.807, 2.05) is 29.7 Å². The summed E-state index contributed by atoms with van der Waals surface area (Å²) < 4.78 is 8.86. The lowest BCUT2D eigenvalue weighted by molar-refractivity contribution is 0.0991. The summed E-state index contributed by atoms with van der Waals surface area (Å²) in [5.41, 5.74) is 2.02. The highest BCUT2D eigenvalue weighted by Crippen LogP contribution is 2.28. The van der Waals surface area contributed by atoms with E-state index in [9.17, 15) is 9.59 Å². The number of nitrogens with zero attached hydrogens (tertiary/aromatic N) is 2. The Morgan fingerprint density at radius 1 is 1.07 bits per heavy atom. The summed E-state index contributed by atoms with van der Waals surface area (Å²) in [5, 5.41) is 0. The summed E-state index contributed by atoms with van der Waals surface area (Å²) in [7, 11) is 0. The minimum atomic E-state index is -0.320. The van der Waals surface area contributed by atoms with E-state index in [4.69, 9.17) is 4.74 Å². The van der Waals surface area contributed by atoms with Crippen molar-refractivity contribution in [3.05, 3.63) is 58.4 Å². The molecule has 1 heterocycles. The Labute approximate surface area is 161 Å². The molecule has 27 heavy (non-hydrogen) atoms. The standard InChI is InChI=1S/C21H22N2O3S/c1-4-13-23-19-17(26-5-2)7-6-8-18(19)27-21(23)22-20(25)16-11-9-15(10-12-16)14(3)24/h6-12H,4-5,13H2,1-3H3. The fourth-order valence-corrected chi connectivity index (χ4v) is 3.96. The molecular weight excluding hydrogens is 360 g/mol. The molecule has 140 valence electrons. The van der Waals surface area contributed by atoms with Crippen LogP contribution in [-0.4, -0.2) is 22.9 Å². The number of aromatic nitrogens is 1. The zero-order valence-electron chi connectivity index (χ0n) is 15.7. The third kappa shape index (κ3) is 4.01. The second-order valence-electron chi connectivity index (χ2n) is 6.12. The van der Waals surface area contributed by atoms with Crippen molar-refractivity contribution >= 4 is 33.2 Å². The van der Waals surface area contributed by atoms with Gasteiger partial charge in [-0.15, -0.1) is 0 Å². The van der Waals surface area contributed by atoms with Crippen molar-refractivity contribution in [3.63, 3.8) is 0 Å². The third-order valence-corrected chi connectivity index (χ3v) is 5.19. The van der Waals surface area contributed by atoms with E-state index in [1.54, 1.807) is 24.3 Å². The predicted octanol–water partition coefficient (Wildman–Crippen LogP) is 4.46. The van der Waals surface area contributed by atoms with Gasteiger partial charge in [-0.3, -0.25) is 9.59 Å². The molecule has 0 radical (unpaired) electrons. The van der Waals surface area contributed by atoms with Gasteiger partial charge in [0.25, 0.3) is 5.91 Å². The Hall–Kier alpha value is -2.73. The van der Waals surface area contributed by atoms with E-state index in [2.05, 4.69) is 11.9 Å². The van der Waals surface area contributed by atoms with Gasteiger partial charge >= 0.3 is 0 Å². The first-order valence-electron chi connectivity index (χ1n) is 9.00. The second-order valence-corrected chi connectivity index (χ2v) is 7.13. The summed E-state index contributed by atoms with van der Waals surface area (Å²) in [6.07, 6.45) is 0.918. The maximum absolute atomic E-state index is 12.6. The number of hydrogen-bond donors (Lipinski definition) is 0. The molecule has 0 aliphatic heterocycles. The van der Waals surface area contributed by atoms with Crippen molar-refractivity contribution in [2.45, 2.75) is 33.7 Å².